The summed E-state index contributed by atoms with van der Waals surface area (Å²) in [6.45, 7) is 11.3. The summed E-state index contributed by atoms with van der Waals surface area (Å²) >= 11 is -0.826. The smallest absolute Gasteiger partial charge is 0.0920 e. The topological polar surface area (TPSA) is 0 Å². The van der Waals surface area contributed by atoms with E-state index in [1.165, 1.54) is 60.1 Å². The Morgan fingerprint density at radius 3 is 2.13 bits per heavy atom. The minimum Gasteiger partial charge on any atom is -0.184 e. The van der Waals surface area contributed by atoms with Crippen molar-refractivity contribution in [2.24, 2.45) is 0 Å². The molecule has 0 N–H and O–H groups in total. The number of hydrogen-bond donors (Lipinski definition) is 0. The molecule has 0 spiro atoms. The number of fused-ring (bicyclic) bond motifs is 4. The molecule has 0 aromatic heterocycles. The predicted molar refractivity (Wildman–Crippen MR) is 165 cm³/mol. The maximum absolute atomic E-state index is 4.93. The Morgan fingerprint density at radius 1 is 0.789 bits per heavy atom. The van der Waals surface area contributed by atoms with Crippen molar-refractivity contribution in [2.45, 2.75) is 46.5 Å². The Bertz CT molecular complexity index is 1470. The molecule has 1 aliphatic rings. The van der Waals surface area contributed by atoms with E-state index in [-0.39, 0.29) is 0 Å². The minimum absolute atomic E-state index is 0.524. The van der Waals surface area contributed by atoms with Crippen LogP contribution in [-0.2, 0) is 20.8 Å². The van der Waals surface area contributed by atoms with E-state index in [1.807, 2.05) is 6.07 Å². The van der Waals surface area contributed by atoms with Crippen LogP contribution in [0.4, 0.5) is 0 Å². The van der Waals surface area contributed by atoms with Gasteiger partial charge in [0.15, 0.2) is 0 Å². The van der Waals surface area contributed by atoms with Gasteiger partial charge < -0.3 is 0 Å². The van der Waals surface area contributed by atoms with Crippen molar-refractivity contribution < 1.29 is 20.8 Å². The third kappa shape index (κ3) is 6.48. The molecule has 0 unspecified atom stereocenters. The monoisotopic (exact) mass is 628 g/mol. The van der Waals surface area contributed by atoms with Gasteiger partial charge in [-0.1, -0.05) is 98.1 Å². The summed E-state index contributed by atoms with van der Waals surface area (Å²) in [6.07, 6.45) is 0. The first-order chi connectivity index (χ1) is 18.3. The molecule has 190 valence electrons. The Kier molecular flexibility index (Phi) is 10.4. The molecule has 38 heavy (non-hydrogen) atoms. The SMILES string of the molecule is Cc1ccccc1-c1c(C(C)C)ccc2[cH-]c(C(C)C)cc12.[Cl][Zr+2][Cl].[c-]1cccc2c1[Si]c1ccccc1-2. The molecule has 0 saturated carbocycles. The first kappa shape index (κ1) is 29.2. The second-order valence-corrected chi connectivity index (χ2v) is 15.2. The van der Waals surface area contributed by atoms with Gasteiger partial charge >= 0.3 is 37.9 Å². The number of halogens is 2. The number of benzene rings is 4. The fourth-order valence-electron chi connectivity index (χ4n) is 5.02. The van der Waals surface area contributed by atoms with Gasteiger partial charge in [0.1, 0.15) is 0 Å². The van der Waals surface area contributed by atoms with Crippen LogP contribution < -0.4 is 10.4 Å². The number of aryl methyl sites for hydroxylation is 1. The van der Waals surface area contributed by atoms with Crippen molar-refractivity contribution >= 4 is 47.7 Å². The van der Waals surface area contributed by atoms with E-state index >= 15 is 0 Å². The molecule has 1 aliphatic heterocycles. The maximum Gasteiger partial charge on any atom is 0.0920 e. The molecular weight excluding hydrogens is 599 g/mol. The molecule has 0 nitrogen and oxygen atoms in total. The summed E-state index contributed by atoms with van der Waals surface area (Å²) in [5.74, 6) is 1.09. The molecule has 6 rings (SSSR count). The predicted octanol–water partition coefficient (Wildman–Crippen LogP) is 9.28. The first-order valence-electron chi connectivity index (χ1n) is 13.0. The Labute approximate surface area is 249 Å². The third-order valence-electron chi connectivity index (χ3n) is 6.98. The van der Waals surface area contributed by atoms with Crippen molar-refractivity contribution in [3.63, 3.8) is 0 Å². The number of hydrogen-bond acceptors (Lipinski definition) is 0. The van der Waals surface area contributed by atoms with Crippen molar-refractivity contribution in [3.8, 4) is 22.3 Å². The molecule has 5 aromatic rings. The summed E-state index contributed by atoms with van der Waals surface area (Å²) in [7, 11) is 10.7. The Balaban J connectivity index is 0.000000177. The molecule has 0 bridgehead atoms. The van der Waals surface area contributed by atoms with E-state index in [4.69, 9.17) is 17.0 Å². The van der Waals surface area contributed by atoms with Crippen LogP contribution in [-0.4, -0.2) is 9.52 Å². The van der Waals surface area contributed by atoms with E-state index in [9.17, 15) is 0 Å². The fraction of sp³-hybridized carbons (Fsp3) is 0.206. The summed E-state index contributed by atoms with van der Waals surface area (Å²) in [5, 5.41) is 5.60. The fourth-order valence-corrected chi connectivity index (χ4v) is 6.33. The normalized spacial score (nSPS) is 11.3. The largest absolute Gasteiger partial charge is 0.184 e. The molecule has 0 fully saturated rings. The molecule has 0 atom stereocenters. The van der Waals surface area contributed by atoms with Gasteiger partial charge in [0, 0.05) is 0 Å². The molecule has 0 saturated heterocycles. The quantitative estimate of drug-likeness (QED) is 0.135. The molecule has 0 aliphatic carbocycles. The van der Waals surface area contributed by atoms with Gasteiger partial charge in [-0.3, -0.25) is 0 Å². The zero-order valence-electron chi connectivity index (χ0n) is 22.6. The van der Waals surface area contributed by atoms with Crippen LogP contribution >= 0.6 is 17.0 Å². The Hall–Kier alpha value is -1.83. The number of rotatable bonds is 3. The van der Waals surface area contributed by atoms with Gasteiger partial charge in [0.05, 0.1) is 9.52 Å². The zero-order chi connectivity index (χ0) is 27.2. The molecular formula is C34H32Cl2SiZr. The van der Waals surface area contributed by atoms with Gasteiger partial charge in [-0.25, -0.2) is 0 Å². The summed E-state index contributed by atoms with van der Waals surface area (Å²) in [4.78, 5) is 0. The maximum atomic E-state index is 4.93. The average Bonchev–Trinajstić information content (AvgIpc) is 3.51. The van der Waals surface area contributed by atoms with Gasteiger partial charge in [-0.15, -0.1) is 40.1 Å². The van der Waals surface area contributed by atoms with Gasteiger partial charge in [-0.05, 0) is 29.9 Å². The second kappa shape index (κ2) is 13.5. The standard InChI is InChI=1S/C22H25.C12H7Si.2ClH.Zr/c1-14(2)18-12-17-10-11-19(15(3)4)22(21(17)13-18)20-9-7-6-8-16(20)5;1-3-7-11-9(5-1)10-6-2-4-8-12(10)13-11;;;/h6-15H,1-5H3;1-7H;2*1H;/q2*-1;;;+4/p-2. The van der Waals surface area contributed by atoms with Crippen LogP contribution in [0.3, 0.4) is 0 Å². The van der Waals surface area contributed by atoms with Gasteiger partial charge in [-0.2, -0.15) is 35.5 Å². The molecule has 4 heteroatoms. The van der Waals surface area contributed by atoms with Crippen LogP contribution in [0.15, 0.2) is 91.0 Å². The second-order valence-electron chi connectivity index (χ2n) is 10.1. The zero-order valence-corrected chi connectivity index (χ0v) is 27.5. The van der Waals surface area contributed by atoms with E-state index < -0.39 is 20.8 Å². The summed E-state index contributed by atoms with van der Waals surface area (Å²) in [6, 6.07) is 36.3. The van der Waals surface area contributed by atoms with Crippen molar-refractivity contribution in [1.29, 1.82) is 0 Å². The summed E-state index contributed by atoms with van der Waals surface area (Å²) in [5.41, 5.74) is 9.80. The summed E-state index contributed by atoms with van der Waals surface area (Å²) < 4.78 is 0. The first-order valence-corrected chi connectivity index (χ1v) is 20.3. The van der Waals surface area contributed by atoms with Gasteiger partial charge in [0.25, 0.3) is 0 Å². The van der Waals surface area contributed by atoms with E-state index in [2.05, 4.69) is 126 Å². The van der Waals surface area contributed by atoms with Crippen LogP contribution in [0.25, 0.3) is 33.0 Å². The minimum atomic E-state index is -0.826. The van der Waals surface area contributed by atoms with Crippen LogP contribution in [0.2, 0.25) is 0 Å². The molecule has 2 radical (unpaired) electrons. The van der Waals surface area contributed by atoms with E-state index in [0.29, 0.717) is 11.8 Å². The molecule has 1 heterocycles. The van der Waals surface area contributed by atoms with E-state index in [1.54, 1.807) is 0 Å². The van der Waals surface area contributed by atoms with Crippen molar-refractivity contribution in [3.05, 3.63) is 114 Å². The third-order valence-corrected chi connectivity index (χ3v) is 8.35. The van der Waals surface area contributed by atoms with E-state index in [0.717, 1.165) is 9.52 Å². The van der Waals surface area contributed by atoms with Crippen molar-refractivity contribution in [2.75, 3.05) is 0 Å². The van der Waals surface area contributed by atoms with Crippen LogP contribution in [0.1, 0.15) is 56.2 Å². The van der Waals surface area contributed by atoms with Crippen molar-refractivity contribution in [1.82, 2.24) is 0 Å². The molecule has 5 aromatic carbocycles. The average molecular weight is 631 g/mol. The van der Waals surface area contributed by atoms with Crippen LogP contribution in [0, 0.1) is 13.0 Å². The molecule has 0 amide bonds. The Morgan fingerprint density at radius 2 is 1.45 bits per heavy atom. The van der Waals surface area contributed by atoms with Crippen LogP contribution in [0.5, 0.6) is 0 Å². The van der Waals surface area contributed by atoms with Gasteiger partial charge in [0.2, 0.25) is 0 Å².